The molecule has 0 heterocycles. The third kappa shape index (κ3) is 4.22. The number of hydrogen-bond donors (Lipinski definition) is 2. The van der Waals surface area contributed by atoms with Crippen LogP contribution in [0.4, 0.5) is 0 Å². The van der Waals surface area contributed by atoms with Crippen molar-refractivity contribution in [1.29, 1.82) is 0 Å². The summed E-state index contributed by atoms with van der Waals surface area (Å²) in [5, 5.41) is 10.1. The van der Waals surface area contributed by atoms with Crippen molar-refractivity contribution >= 4 is 0 Å². The molecule has 0 spiro atoms. The maximum atomic E-state index is 10.1. The standard InChI is InChI=1S/C17H29NO2/c1-16(2,3)11-17(4,5)12-7-8-15(20-6)13(9-12)14(19)10-18/h7-9,14,19H,10-11,18H2,1-6H3. The van der Waals surface area contributed by atoms with E-state index in [0.29, 0.717) is 5.75 Å². The van der Waals surface area contributed by atoms with E-state index in [2.05, 4.69) is 40.7 Å². The molecule has 0 aliphatic rings. The highest BCUT2D eigenvalue weighted by Crippen LogP contribution is 2.38. The van der Waals surface area contributed by atoms with Gasteiger partial charge >= 0.3 is 0 Å². The Bertz CT molecular complexity index is 447. The fourth-order valence-electron chi connectivity index (χ4n) is 2.97. The Hall–Kier alpha value is -1.06. The van der Waals surface area contributed by atoms with Gasteiger partial charge < -0.3 is 15.6 Å². The van der Waals surface area contributed by atoms with Gasteiger partial charge in [-0.25, -0.2) is 0 Å². The van der Waals surface area contributed by atoms with Gasteiger partial charge in [0.1, 0.15) is 5.75 Å². The summed E-state index contributed by atoms with van der Waals surface area (Å²) in [6.45, 7) is 11.4. The van der Waals surface area contributed by atoms with E-state index in [4.69, 9.17) is 10.5 Å². The SMILES string of the molecule is COc1ccc(C(C)(C)CC(C)(C)C)cc1C(O)CN. The van der Waals surface area contributed by atoms with Gasteiger partial charge in [-0.2, -0.15) is 0 Å². The predicted octanol–water partition coefficient (Wildman–Crippen LogP) is 3.40. The third-order valence-electron chi connectivity index (χ3n) is 3.57. The van der Waals surface area contributed by atoms with E-state index in [1.54, 1.807) is 7.11 Å². The summed E-state index contributed by atoms with van der Waals surface area (Å²) in [4.78, 5) is 0. The minimum atomic E-state index is -0.685. The maximum Gasteiger partial charge on any atom is 0.124 e. The summed E-state index contributed by atoms with van der Waals surface area (Å²) < 4.78 is 5.32. The average Bonchev–Trinajstić information content (AvgIpc) is 2.34. The molecule has 1 unspecified atom stereocenters. The normalized spacial score (nSPS) is 14.2. The summed E-state index contributed by atoms with van der Waals surface area (Å²) in [7, 11) is 1.61. The van der Waals surface area contributed by atoms with E-state index in [1.165, 1.54) is 5.56 Å². The number of rotatable bonds is 5. The van der Waals surface area contributed by atoms with Gasteiger partial charge in [0.25, 0.3) is 0 Å². The van der Waals surface area contributed by atoms with E-state index >= 15 is 0 Å². The largest absolute Gasteiger partial charge is 0.496 e. The molecule has 0 bridgehead atoms. The van der Waals surface area contributed by atoms with Crippen LogP contribution in [0.5, 0.6) is 5.75 Å². The Morgan fingerprint density at radius 2 is 1.80 bits per heavy atom. The second kappa shape index (κ2) is 6.15. The lowest BCUT2D eigenvalue weighted by Crippen LogP contribution is -2.25. The Morgan fingerprint density at radius 1 is 1.20 bits per heavy atom. The smallest absolute Gasteiger partial charge is 0.124 e. The van der Waals surface area contributed by atoms with Crippen molar-refractivity contribution in [3.8, 4) is 5.75 Å². The molecule has 0 saturated carbocycles. The minimum Gasteiger partial charge on any atom is -0.496 e. The number of ether oxygens (including phenoxy) is 1. The number of nitrogens with two attached hydrogens (primary N) is 1. The molecule has 0 aromatic heterocycles. The van der Waals surface area contributed by atoms with Crippen LogP contribution >= 0.6 is 0 Å². The van der Waals surface area contributed by atoms with Crippen LogP contribution in [0.15, 0.2) is 18.2 Å². The van der Waals surface area contributed by atoms with E-state index in [9.17, 15) is 5.11 Å². The molecular formula is C17H29NO2. The van der Waals surface area contributed by atoms with Gasteiger partial charge in [-0.3, -0.25) is 0 Å². The van der Waals surface area contributed by atoms with Crippen LogP contribution in [0.1, 0.15) is 58.3 Å². The quantitative estimate of drug-likeness (QED) is 0.868. The van der Waals surface area contributed by atoms with Gasteiger partial charge in [0.2, 0.25) is 0 Å². The van der Waals surface area contributed by atoms with Crippen LogP contribution in [0, 0.1) is 5.41 Å². The first-order chi connectivity index (χ1) is 9.10. The molecule has 3 N–H and O–H groups in total. The molecule has 114 valence electrons. The Morgan fingerprint density at radius 3 is 2.25 bits per heavy atom. The topological polar surface area (TPSA) is 55.5 Å². The maximum absolute atomic E-state index is 10.1. The van der Waals surface area contributed by atoms with Gasteiger partial charge in [-0.15, -0.1) is 0 Å². The van der Waals surface area contributed by atoms with Crippen molar-refractivity contribution in [2.75, 3.05) is 13.7 Å². The molecule has 3 heteroatoms. The molecule has 0 aliphatic heterocycles. The van der Waals surface area contributed by atoms with Gasteiger partial charge in [-0.05, 0) is 34.9 Å². The molecule has 0 fully saturated rings. The Balaban J connectivity index is 3.20. The molecule has 0 aliphatic carbocycles. The van der Waals surface area contributed by atoms with Crippen LogP contribution in [-0.4, -0.2) is 18.8 Å². The highest BCUT2D eigenvalue weighted by Gasteiger charge is 2.28. The summed E-state index contributed by atoms with van der Waals surface area (Å²) in [5.74, 6) is 0.693. The van der Waals surface area contributed by atoms with Crippen molar-refractivity contribution in [2.24, 2.45) is 11.1 Å². The fraction of sp³-hybridized carbons (Fsp3) is 0.647. The first-order valence-corrected chi connectivity index (χ1v) is 7.17. The third-order valence-corrected chi connectivity index (χ3v) is 3.57. The zero-order chi connectivity index (χ0) is 15.6. The molecular weight excluding hydrogens is 250 g/mol. The van der Waals surface area contributed by atoms with Gasteiger partial charge in [0.05, 0.1) is 13.2 Å². The zero-order valence-electron chi connectivity index (χ0n) is 13.7. The Labute approximate surface area is 123 Å². The lowest BCUT2D eigenvalue weighted by atomic mass is 9.72. The number of hydrogen-bond acceptors (Lipinski definition) is 3. The van der Waals surface area contributed by atoms with Crippen LogP contribution in [0.3, 0.4) is 0 Å². The lowest BCUT2D eigenvalue weighted by Gasteiger charge is -2.33. The molecule has 1 aromatic carbocycles. The molecule has 20 heavy (non-hydrogen) atoms. The lowest BCUT2D eigenvalue weighted by molar-refractivity contribution is 0.181. The second-order valence-electron chi connectivity index (χ2n) is 7.33. The summed E-state index contributed by atoms with van der Waals surface area (Å²) in [6.07, 6.45) is 0.375. The summed E-state index contributed by atoms with van der Waals surface area (Å²) in [6, 6.07) is 6.04. The fourth-order valence-corrected chi connectivity index (χ4v) is 2.97. The molecule has 0 saturated heterocycles. The predicted molar refractivity (Wildman–Crippen MR) is 84.1 cm³/mol. The van der Waals surface area contributed by atoms with Crippen LogP contribution < -0.4 is 10.5 Å². The van der Waals surface area contributed by atoms with Crippen molar-refractivity contribution < 1.29 is 9.84 Å². The Kier molecular flexibility index (Phi) is 5.22. The number of benzene rings is 1. The van der Waals surface area contributed by atoms with Crippen molar-refractivity contribution in [2.45, 2.75) is 52.6 Å². The van der Waals surface area contributed by atoms with E-state index in [0.717, 1.165) is 12.0 Å². The molecule has 0 radical (unpaired) electrons. The highest BCUT2D eigenvalue weighted by atomic mass is 16.5. The van der Waals surface area contributed by atoms with Crippen LogP contribution in [0.25, 0.3) is 0 Å². The van der Waals surface area contributed by atoms with E-state index in [1.807, 2.05) is 12.1 Å². The number of aliphatic hydroxyl groups is 1. The first-order valence-electron chi connectivity index (χ1n) is 7.17. The molecule has 0 amide bonds. The monoisotopic (exact) mass is 279 g/mol. The van der Waals surface area contributed by atoms with Gasteiger partial charge in [0, 0.05) is 12.1 Å². The average molecular weight is 279 g/mol. The molecule has 1 rings (SSSR count). The summed E-state index contributed by atoms with van der Waals surface area (Å²) >= 11 is 0. The molecule has 1 aromatic rings. The van der Waals surface area contributed by atoms with Crippen molar-refractivity contribution in [1.82, 2.24) is 0 Å². The first kappa shape index (κ1) is 17.0. The van der Waals surface area contributed by atoms with Gasteiger partial charge in [0.15, 0.2) is 0 Å². The zero-order valence-corrected chi connectivity index (χ0v) is 13.7. The second-order valence-corrected chi connectivity index (χ2v) is 7.33. The summed E-state index contributed by atoms with van der Waals surface area (Å²) in [5.41, 5.74) is 7.84. The number of aliphatic hydroxyl groups excluding tert-OH is 1. The van der Waals surface area contributed by atoms with E-state index in [-0.39, 0.29) is 17.4 Å². The van der Waals surface area contributed by atoms with E-state index < -0.39 is 6.10 Å². The van der Waals surface area contributed by atoms with Gasteiger partial charge in [-0.1, -0.05) is 40.7 Å². The molecule has 3 nitrogen and oxygen atoms in total. The molecule has 1 atom stereocenters. The van der Waals surface area contributed by atoms with Crippen LogP contribution in [0.2, 0.25) is 0 Å². The van der Waals surface area contributed by atoms with Crippen molar-refractivity contribution in [3.63, 3.8) is 0 Å². The van der Waals surface area contributed by atoms with Crippen molar-refractivity contribution in [3.05, 3.63) is 29.3 Å². The highest BCUT2D eigenvalue weighted by molar-refractivity contribution is 5.41. The minimum absolute atomic E-state index is 0.0353. The van der Waals surface area contributed by atoms with Crippen LogP contribution in [-0.2, 0) is 5.41 Å². The number of methoxy groups -OCH3 is 1.